The third kappa shape index (κ3) is 2.55. The first-order valence-corrected chi connectivity index (χ1v) is 7.94. The molecule has 0 bridgehead atoms. The van der Waals surface area contributed by atoms with E-state index in [9.17, 15) is 10.1 Å². The topological polar surface area (TPSA) is 55.5 Å². The van der Waals surface area contributed by atoms with Crippen molar-refractivity contribution in [2.24, 2.45) is 4.99 Å². The fourth-order valence-electron chi connectivity index (χ4n) is 2.08. The third-order valence-corrected chi connectivity index (χ3v) is 5.40. The molecule has 0 aromatic heterocycles. The first kappa shape index (κ1) is 13.1. The minimum atomic E-state index is -0.524. The standard InChI is InChI=1S/C14H11ClN2O2S/c15-11-3-6-13-14(7-11)20(9-16-13)8-10-1-4-12(5-2-10)17(18)19/h1-7,9,20H,8H2. The minimum absolute atomic E-state index is 0.116. The molecule has 6 heteroatoms. The molecule has 20 heavy (non-hydrogen) atoms. The number of non-ortho nitro benzene ring substituents is 1. The highest BCUT2D eigenvalue weighted by molar-refractivity contribution is 8.28. The number of hydrogen-bond donors (Lipinski definition) is 1. The highest BCUT2D eigenvalue weighted by atomic mass is 35.5. The number of nitrogens with zero attached hydrogens (tertiary/aromatic N) is 2. The van der Waals surface area contributed by atoms with Gasteiger partial charge in [-0.05, 0) is 23.8 Å². The van der Waals surface area contributed by atoms with Crippen molar-refractivity contribution in [3.05, 3.63) is 63.2 Å². The Morgan fingerprint density at radius 3 is 2.65 bits per heavy atom. The Balaban J connectivity index is 1.82. The molecule has 1 aliphatic heterocycles. The van der Waals surface area contributed by atoms with Gasteiger partial charge in [0.2, 0.25) is 0 Å². The molecule has 1 aliphatic rings. The summed E-state index contributed by atoms with van der Waals surface area (Å²) in [5, 5.41) is 11.3. The summed E-state index contributed by atoms with van der Waals surface area (Å²) in [5.74, 6) is 0.824. The lowest BCUT2D eigenvalue weighted by Crippen LogP contribution is -1.90. The van der Waals surface area contributed by atoms with Crippen LogP contribution < -0.4 is 0 Å². The van der Waals surface area contributed by atoms with Crippen molar-refractivity contribution in [2.45, 2.75) is 10.6 Å². The molecule has 0 saturated carbocycles. The lowest BCUT2D eigenvalue weighted by atomic mass is 10.2. The van der Waals surface area contributed by atoms with Crippen LogP contribution in [0, 0.1) is 10.1 Å². The summed E-state index contributed by atoms with van der Waals surface area (Å²) in [6.07, 6.45) is 0. The van der Waals surface area contributed by atoms with Crippen LogP contribution in [0.3, 0.4) is 0 Å². The normalized spacial score (nSPS) is 17.9. The number of fused-ring (bicyclic) bond motifs is 1. The van der Waals surface area contributed by atoms with Crippen molar-refractivity contribution in [1.82, 2.24) is 0 Å². The fraction of sp³-hybridized carbons (Fsp3) is 0.0714. The summed E-state index contributed by atoms with van der Waals surface area (Å²) in [6.45, 7) is 0. The molecule has 2 aromatic rings. The second-order valence-electron chi connectivity index (χ2n) is 4.43. The van der Waals surface area contributed by atoms with Gasteiger partial charge in [-0.1, -0.05) is 23.7 Å². The van der Waals surface area contributed by atoms with E-state index in [0.717, 1.165) is 17.0 Å². The smallest absolute Gasteiger partial charge is 0.258 e. The van der Waals surface area contributed by atoms with Crippen LogP contribution in [0.5, 0.6) is 0 Å². The number of benzene rings is 2. The van der Waals surface area contributed by atoms with Gasteiger partial charge in [0.05, 0.1) is 10.6 Å². The van der Waals surface area contributed by atoms with Crippen LogP contribution in [0.1, 0.15) is 5.56 Å². The zero-order chi connectivity index (χ0) is 14.1. The second-order valence-corrected chi connectivity index (χ2v) is 6.83. The van der Waals surface area contributed by atoms with Gasteiger partial charge in [-0.3, -0.25) is 15.1 Å². The van der Waals surface area contributed by atoms with E-state index in [1.54, 1.807) is 12.1 Å². The maximum atomic E-state index is 10.6. The van der Waals surface area contributed by atoms with Crippen LogP contribution in [0.25, 0.3) is 0 Å². The first-order valence-electron chi connectivity index (χ1n) is 5.97. The van der Waals surface area contributed by atoms with Gasteiger partial charge in [0.25, 0.3) is 5.69 Å². The maximum absolute atomic E-state index is 10.6. The molecule has 1 unspecified atom stereocenters. The number of thiol groups is 1. The minimum Gasteiger partial charge on any atom is -0.258 e. The number of aliphatic imine (C=N–C) groups is 1. The molecule has 4 nitrogen and oxygen atoms in total. The van der Waals surface area contributed by atoms with Crippen molar-refractivity contribution in [1.29, 1.82) is 0 Å². The van der Waals surface area contributed by atoms with E-state index >= 15 is 0 Å². The molecule has 1 atom stereocenters. The molecule has 1 heterocycles. The molecule has 0 saturated heterocycles. The largest absolute Gasteiger partial charge is 0.269 e. The van der Waals surface area contributed by atoms with Crippen LogP contribution in [0.2, 0.25) is 5.02 Å². The zero-order valence-electron chi connectivity index (χ0n) is 10.4. The van der Waals surface area contributed by atoms with E-state index in [1.807, 2.05) is 23.7 Å². The van der Waals surface area contributed by atoms with Crippen molar-refractivity contribution < 1.29 is 4.92 Å². The number of nitro benzene ring substituents is 1. The molecule has 0 amide bonds. The molecule has 0 radical (unpaired) electrons. The molecular weight excluding hydrogens is 296 g/mol. The Hall–Kier alpha value is -1.85. The van der Waals surface area contributed by atoms with Gasteiger partial charge >= 0.3 is 0 Å². The fourth-order valence-corrected chi connectivity index (χ4v) is 4.30. The molecule has 102 valence electrons. The van der Waals surface area contributed by atoms with Gasteiger partial charge in [-0.2, -0.15) is 10.9 Å². The van der Waals surface area contributed by atoms with Gasteiger partial charge in [-0.25, -0.2) is 0 Å². The Labute approximate surface area is 123 Å². The zero-order valence-corrected chi connectivity index (χ0v) is 12.0. The van der Waals surface area contributed by atoms with Gasteiger partial charge in [0.15, 0.2) is 0 Å². The molecule has 0 spiro atoms. The predicted octanol–water partition coefficient (Wildman–Crippen LogP) is 4.48. The highest BCUT2D eigenvalue weighted by Crippen LogP contribution is 2.48. The maximum Gasteiger partial charge on any atom is 0.269 e. The van der Waals surface area contributed by atoms with Crippen LogP contribution in [0.4, 0.5) is 11.4 Å². The van der Waals surface area contributed by atoms with Crippen molar-refractivity contribution in [3.63, 3.8) is 0 Å². The van der Waals surface area contributed by atoms with Crippen LogP contribution in [-0.4, -0.2) is 10.5 Å². The van der Waals surface area contributed by atoms with Gasteiger partial charge in [-0.15, -0.1) is 0 Å². The van der Waals surface area contributed by atoms with Gasteiger partial charge in [0, 0.05) is 33.4 Å². The van der Waals surface area contributed by atoms with E-state index in [2.05, 4.69) is 4.99 Å². The third-order valence-electron chi connectivity index (χ3n) is 3.08. The van der Waals surface area contributed by atoms with Gasteiger partial charge in [0.1, 0.15) is 0 Å². The molecule has 2 aromatic carbocycles. The van der Waals surface area contributed by atoms with Crippen LogP contribution in [0.15, 0.2) is 52.4 Å². The van der Waals surface area contributed by atoms with E-state index in [4.69, 9.17) is 11.6 Å². The average Bonchev–Trinajstić information content (AvgIpc) is 2.82. The Morgan fingerprint density at radius 2 is 1.95 bits per heavy atom. The summed E-state index contributed by atoms with van der Waals surface area (Å²) < 4.78 is 0. The molecule has 0 fully saturated rings. The predicted molar refractivity (Wildman–Crippen MR) is 83.7 cm³/mol. The summed E-state index contributed by atoms with van der Waals surface area (Å²) in [5.41, 5.74) is 4.13. The summed E-state index contributed by atoms with van der Waals surface area (Å²) in [4.78, 5) is 15.8. The van der Waals surface area contributed by atoms with Crippen LogP contribution in [-0.2, 0) is 5.75 Å². The number of hydrogen-bond acceptors (Lipinski definition) is 3. The van der Waals surface area contributed by atoms with E-state index in [-0.39, 0.29) is 10.6 Å². The summed E-state index contributed by atoms with van der Waals surface area (Å²) in [6, 6.07) is 12.4. The lowest BCUT2D eigenvalue weighted by molar-refractivity contribution is -0.384. The quantitative estimate of drug-likeness (QED) is 0.516. The SMILES string of the molecule is O=[N+]([O-])c1ccc(C[SH]2C=Nc3ccc(Cl)cc32)cc1. The Kier molecular flexibility index (Phi) is 3.46. The lowest BCUT2D eigenvalue weighted by Gasteiger charge is -2.13. The average molecular weight is 307 g/mol. The Bertz CT molecular complexity index is 701. The molecule has 0 aliphatic carbocycles. The van der Waals surface area contributed by atoms with E-state index in [0.29, 0.717) is 5.02 Å². The highest BCUT2D eigenvalue weighted by Gasteiger charge is 2.16. The Morgan fingerprint density at radius 1 is 1.20 bits per heavy atom. The second kappa shape index (κ2) is 5.26. The molecule has 3 rings (SSSR count). The van der Waals surface area contributed by atoms with Crippen molar-refractivity contribution in [2.75, 3.05) is 0 Å². The van der Waals surface area contributed by atoms with Crippen molar-refractivity contribution in [3.8, 4) is 0 Å². The number of halogens is 1. The molecular formula is C14H11ClN2O2S. The molecule has 0 N–H and O–H groups in total. The van der Waals surface area contributed by atoms with Crippen LogP contribution >= 0.6 is 22.5 Å². The monoisotopic (exact) mass is 306 g/mol. The van der Waals surface area contributed by atoms with E-state index < -0.39 is 10.9 Å². The van der Waals surface area contributed by atoms with E-state index in [1.165, 1.54) is 17.0 Å². The number of nitro groups is 1. The number of rotatable bonds is 3. The van der Waals surface area contributed by atoms with Crippen molar-refractivity contribution >= 4 is 39.4 Å². The first-order chi connectivity index (χ1) is 9.63. The summed E-state index contributed by atoms with van der Waals surface area (Å²) in [7, 11) is -0.524. The van der Waals surface area contributed by atoms with Gasteiger partial charge < -0.3 is 0 Å². The summed E-state index contributed by atoms with van der Waals surface area (Å²) >= 11 is 6.03.